The number of urea groups is 1. The van der Waals surface area contributed by atoms with Crippen LogP contribution >= 0.6 is 0 Å². The van der Waals surface area contributed by atoms with Crippen LogP contribution in [0.5, 0.6) is 11.5 Å². The van der Waals surface area contributed by atoms with Crippen molar-refractivity contribution in [2.75, 3.05) is 14.2 Å². The maximum Gasteiger partial charge on any atom is 0.343 e. The summed E-state index contributed by atoms with van der Waals surface area (Å²) in [5, 5.41) is 5.17. The van der Waals surface area contributed by atoms with E-state index in [0.717, 1.165) is 0 Å². The fraction of sp³-hybridized carbons (Fsp3) is 0.190. The number of methoxy groups -OCH3 is 2. The monoisotopic (exact) mass is 396 g/mol. The van der Waals surface area contributed by atoms with Crippen molar-refractivity contribution < 1.29 is 28.6 Å². The van der Waals surface area contributed by atoms with Gasteiger partial charge >= 0.3 is 18.0 Å². The number of nitrogens with one attached hydrogen (secondary N) is 2. The molecule has 29 heavy (non-hydrogen) atoms. The third-order valence-corrected chi connectivity index (χ3v) is 4.48. The van der Waals surface area contributed by atoms with Gasteiger partial charge in [0.1, 0.15) is 5.92 Å². The maximum atomic E-state index is 12.3. The Labute approximate surface area is 167 Å². The summed E-state index contributed by atoms with van der Waals surface area (Å²) in [5.41, 5.74) is 1.18. The number of rotatable bonds is 5. The Balaban J connectivity index is 1.90. The molecule has 1 aliphatic heterocycles. The second kappa shape index (κ2) is 8.47. The van der Waals surface area contributed by atoms with Crippen LogP contribution in [-0.2, 0) is 9.53 Å². The lowest BCUT2D eigenvalue weighted by atomic mass is 9.89. The van der Waals surface area contributed by atoms with Crippen LogP contribution in [0.4, 0.5) is 4.79 Å². The second-order valence-electron chi connectivity index (χ2n) is 6.27. The van der Waals surface area contributed by atoms with Gasteiger partial charge in [-0.1, -0.05) is 30.8 Å². The molecule has 0 aromatic heterocycles. The van der Waals surface area contributed by atoms with Crippen molar-refractivity contribution in [1.29, 1.82) is 0 Å². The minimum atomic E-state index is -0.833. The van der Waals surface area contributed by atoms with Crippen LogP contribution in [0.3, 0.4) is 0 Å². The summed E-state index contributed by atoms with van der Waals surface area (Å²) >= 11 is 0. The van der Waals surface area contributed by atoms with Crippen molar-refractivity contribution >= 4 is 18.0 Å². The lowest BCUT2D eigenvalue weighted by molar-refractivity contribution is -0.145. The molecule has 2 amide bonds. The fourth-order valence-electron chi connectivity index (χ4n) is 3.06. The first kappa shape index (κ1) is 19.9. The van der Waals surface area contributed by atoms with Gasteiger partial charge in [-0.05, 0) is 29.8 Å². The lowest BCUT2D eigenvalue weighted by Crippen LogP contribution is -2.51. The summed E-state index contributed by atoms with van der Waals surface area (Å²) in [7, 11) is 2.69. The smallest absolute Gasteiger partial charge is 0.343 e. The van der Waals surface area contributed by atoms with E-state index in [1.54, 1.807) is 48.5 Å². The zero-order valence-corrected chi connectivity index (χ0v) is 15.9. The highest BCUT2D eigenvalue weighted by Gasteiger charge is 2.39. The molecular formula is C21H20N2O6. The van der Waals surface area contributed by atoms with Gasteiger partial charge in [0.25, 0.3) is 0 Å². The van der Waals surface area contributed by atoms with E-state index < -0.39 is 29.9 Å². The minimum Gasteiger partial charge on any atom is -0.493 e. The van der Waals surface area contributed by atoms with Gasteiger partial charge in [0.05, 0.1) is 25.8 Å². The molecule has 8 heteroatoms. The summed E-state index contributed by atoms with van der Waals surface area (Å²) in [6.45, 7) is 3.75. The average Bonchev–Trinajstić information content (AvgIpc) is 2.73. The van der Waals surface area contributed by atoms with E-state index in [2.05, 4.69) is 17.2 Å². The van der Waals surface area contributed by atoms with Crippen molar-refractivity contribution in [3.05, 3.63) is 71.9 Å². The van der Waals surface area contributed by atoms with Crippen molar-refractivity contribution in [3.63, 3.8) is 0 Å². The van der Waals surface area contributed by atoms with Crippen LogP contribution in [0.2, 0.25) is 0 Å². The van der Waals surface area contributed by atoms with E-state index in [9.17, 15) is 14.4 Å². The third-order valence-electron chi connectivity index (χ3n) is 4.48. The molecule has 3 rings (SSSR count). The van der Waals surface area contributed by atoms with Crippen LogP contribution in [-0.4, -0.2) is 32.2 Å². The highest BCUT2D eigenvalue weighted by molar-refractivity contribution is 5.91. The fourth-order valence-corrected chi connectivity index (χ4v) is 3.06. The first-order valence-corrected chi connectivity index (χ1v) is 8.74. The highest BCUT2D eigenvalue weighted by atomic mass is 16.6. The number of benzene rings is 2. The van der Waals surface area contributed by atoms with Crippen LogP contribution in [0.15, 0.2) is 60.8 Å². The molecule has 2 aromatic carbocycles. The van der Waals surface area contributed by atoms with Crippen LogP contribution in [0.25, 0.3) is 0 Å². The van der Waals surface area contributed by atoms with E-state index >= 15 is 0 Å². The van der Waals surface area contributed by atoms with Crippen molar-refractivity contribution in [3.8, 4) is 11.5 Å². The zero-order valence-electron chi connectivity index (χ0n) is 15.9. The molecule has 2 N–H and O–H groups in total. The molecule has 1 fully saturated rings. The van der Waals surface area contributed by atoms with Gasteiger partial charge in [-0.25, -0.2) is 9.59 Å². The Kier molecular flexibility index (Phi) is 5.82. The standard InChI is InChI=1S/C21H20N2O6/c1-12-17(20(25)28-3)18(23-21(26)22-12)14-9-10-15(16(11-14)27-2)29-19(24)13-7-5-4-6-8-13/h4-11,17-18H,1H2,2-3H3,(H2,22,23,26). The SMILES string of the molecule is C=C1NC(=O)NC(c2ccc(OC(=O)c3ccccc3)c(OC)c2)C1C(=O)OC. The highest BCUT2D eigenvalue weighted by Crippen LogP contribution is 2.36. The molecule has 1 heterocycles. The number of hydrogen-bond acceptors (Lipinski definition) is 6. The summed E-state index contributed by atoms with van der Waals surface area (Å²) in [6, 6.07) is 12.1. The number of amides is 2. The van der Waals surface area contributed by atoms with Gasteiger partial charge in [-0.15, -0.1) is 0 Å². The Morgan fingerprint density at radius 1 is 1.03 bits per heavy atom. The predicted molar refractivity (Wildman–Crippen MR) is 103 cm³/mol. The number of ether oxygens (including phenoxy) is 3. The van der Waals surface area contributed by atoms with Crippen LogP contribution in [0.1, 0.15) is 22.0 Å². The summed E-state index contributed by atoms with van der Waals surface area (Å²) in [4.78, 5) is 36.4. The van der Waals surface area contributed by atoms with Crippen LogP contribution < -0.4 is 20.1 Å². The quantitative estimate of drug-likeness (QED) is 0.595. The average molecular weight is 396 g/mol. The maximum absolute atomic E-state index is 12.3. The van der Waals surface area contributed by atoms with E-state index in [-0.39, 0.29) is 17.2 Å². The van der Waals surface area contributed by atoms with E-state index in [4.69, 9.17) is 14.2 Å². The largest absolute Gasteiger partial charge is 0.493 e. The molecule has 0 radical (unpaired) electrons. The molecule has 150 valence electrons. The summed E-state index contributed by atoms with van der Waals surface area (Å²) in [5.74, 6) is -1.44. The topological polar surface area (TPSA) is 103 Å². The molecular weight excluding hydrogens is 376 g/mol. The molecule has 0 saturated carbocycles. The molecule has 1 saturated heterocycles. The van der Waals surface area contributed by atoms with E-state index in [1.165, 1.54) is 14.2 Å². The first-order chi connectivity index (χ1) is 13.9. The number of esters is 2. The van der Waals surface area contributed by atoms with Gasteiger partial charge in [-0.3, -0.25) is 4.79 Å². The molecule has 2 unspecified atom stereocenters. The van der Waals surface area contributed by atoms with Crippen molar-refractivity contribution in [1.82, 2.24) is 10.6 Å². The third kappa shape index (κ3) is 4.21. The van der Waals surface area contributed by atoms with Crippen molar-refractivity contribution in [2.24, 2.45) is 5.92 Å². The molecule has 0 spiro atoms. The van der Waals surface area contributed by atoms with Gasteiger partial charge < -0.3 is 24.8 Å². The summed E-state index contributed by atoms with van der Waals surface area (Å²) < 4.78 is 15.6. The molecule has 1 aliphatic rings. The van der Waals surface area contributed by atoms with Gasteiger partial charge in [0.15, 0.2) is 11.5 Å². The Morgan fingerprint density at radius 3 is 2.41 bits per heavy atom. The van der Waals surface area contributed by atoms with E-state index in [0.29, 0.717) is 11.1 Å². The Hall–Kier alpha value is -3.81. The molecule has 8 nitrogen and oxygen atoms in total. The van der Waals surface area contributed by atoms with E-state index in [1.807, 2.05) is 0 Å². The number of carbonyl (C=O) groups excluding carboxylic acids is 3. The lowest BCUT2D eigenvalue weighted by Gasteiger charge is -2.33. The molecule has 0 aliphatic carbocycles. The second-order valence-corrected chi connectivity index (χ2v) is 6.27. The minimum absolute atomic E-state index is 0.207. The molecule has 0 bridgehead atoms. The van der Waals surface area contributed by atoms with Gasteiger partial charge in [0.2, 0.25) is 0 Å². The number of carbonyl (C=O) groups is 3. The van der Waals surface area contributed by atoms with Gasteiger partial charge in [0, 0.05) is 5.70 Å². The van der Waals surface area contributed by atoms with Crippen LogP contribution in [0, 0.1) is 5.92 Å². The van der Waals surface area contributed by atoms with Gasteiger partial charge in [-0.2, -0.15) is 0 Å². The molecule has 2 atom stereocenters. The molecule has 2 aromatic rings. The first-order valence-electron chi connectivity index (χ1n) is 8.74. The zero-order chi connectivity index (χ0) is 21.0. The summed E-state index contributed by atoms with van der Waals surface area (Å²) in [6.07, 6.45) is 0. The normalized spacial score (nSPS) is 18.3. The van der Waals surface area contributed by atoms with Crippen molar-refractivity contribution in [2.45, 2.75) is 6.04 Å². The predicted octanol–water partition coefficient (Wildman–Crippen LogP) is 2.57. The Morgan fingerprint density at radius 2 is 1.76 bits per heavy atom. The number of hydrogen-bond donors (Lipinski definition) is 2. The Bertz CT molecular complexity index is 957.